The Hall–Kier alpha value is -1.09. The van der Waals surface area contributed by atoms with E-state index in [9.17, 15) is 0 Å². The van der Waals surface area contributed by atoms with Crippen LogP contribution in [-0.4, -0.2) is 25.1 Å². The molecule has 1 N–H and O–H groups in total. The van der Waals surface area contributed by atoms with E-state index in [4.69, 9.17) is 0 Å². The van der Waals surface area contributed by atoms with E-state index in [0.717, 1.165) is 12.5 Å². The summed E-state index contributed by atoms with van der Waals surface area (Å²) < 4.78 is 0. The monoisotopic (exact) mass is 261 g/mol. The Morgan fingerprint density at radius 1 is 1.32 bits per heavy atom. The summed E-state index contributed by atoms with van der Waals surface area (Å²) in [5.41, 5.74) is 2.63. The van der Waals surface area contributed by atoms with Gasteiger partial charge in [0, 0.05) is 25.8 Å². The summed E-state index contributed by atoms with van der Waals surface area (Å²) in [7, 11) is 4.23. The highest BCUT2D eigenvalue weighted by atomic mass is 15.1. The Morgan fingerprint density at radius 2 is 2.05 bits per heavy atom. The van der Waals surface area contributed by atoms with Crippen molar-refractivity contribution >= 4 is 5.69 Å². The fourth-order valence-corrected chi connectivity index (χ4v) is 3.21. The minimum Gasteiger partial charge on any atom is -0.370 e. The first-order valence-electron chi connectivity index (χ1n) is 7.56. The molecule has 0 unspecified atom stereocenters. The van der Waals surface area contributed by atoms with E-state index in [1.54, 1.807) is 0 Å². The summed E-state index contributed by atoms with van der Waals surface area (Å²) in [6, 6.07) is 2.81. The molecule has 0 atom stereocenters. The van der Waals surface area contributed by atoms with Crippen LogP contribution in [0.2, 0.25) is 0 Å². The van der Waals surface area contributed by atoms with Crippen molar-refractivity contribution in [3.05, 3.63) is 24.0 Å². The number of hydrogen-bond acceptors (Lipinski definition) is 3. The Balaban J connectivity index is 2.05. The quantitative estimate of drug-likeness (QED) is 0.882. The van der Waals surface area contributed by atoms with Gasteiger partial charge in [0.05, 0.1) is 11.9 Å². The third-order valence-electron chi connectivity index (χ3n) is 4.58. The molecule has 19 heavy (non-hydrogen) atoms. The SMILES string of the molecule is CCC1CCC(N(C)c2cnccc2CNC)CC1. The fourth-order valence-electron chi connectivity index (χ4n) is 3.21. The van der Waals surface area contributed by atoms with Crippen LogP contribution in [-0.2, 0) is 6.54 Å². The lowest BCUT2D eigenvalue weighted by Gasteiger charge is -2.36. The van der Waals surface area contributed by atoms with Crippen molar-refractivity contribution in [2.45, 2.75) is 51.6 Å². The molecule has 1 aromatic heterocycles. The summed E-state index contributed by atoms with van der Waals surface area (Å²) in [5.74, 6) is 0.954. The standard InChI is InChI=1S/C16H27N3/c1-4-13-5-7-15(8-6-13)19(3)16-12-18-10-9-14(16)11-17-2/h9-10,12-13,15,17H,4-8,11H2,1-3H3. The maximum atomic E-state index is 4.31. The molecule has 0 amide bonds. The van der Waals surface area contributed by atoms with E-state index in [0.29, 0.717) is 6.04 Å². The van der Waals surface area contributed by atoms with Crippen molar-refractivity contribution in [1.82, 2.24) is 10.3 Å². The molecule has 0 saturated heterocycles. The minimum atomic E-state index is 0.683. The van der Waals surface area contributed by atoms with Gasteiger partial charge in [-0.05, 0) is 50.3 Å². The maximum absolute atomic E-state index is 4.31. The molecule has 1 heterocycles. The van der Waals surface area contributed by atoms with Gasteiger partial charge >= 0.3 is 0 Å². The van der Waals surface area contributed by atoms with Crippen LogP contribution in [0, 0.1) is 5.92 Å². The molecular formula is C16H27N3. The summed E-state index contributed by atoms with van der Waals surface area (Å²) in [6.45, 7) is 3.23. The summed E-state index contributed by atoms with van der Waals surface area (Å²) >= 11 is 0. The first kappa shape index (κ1) is 14.3. The van der Waals surface area contributed by atoms with Crippen LogP contribution in [0.5, 0.6) is 0 Å². The van der Waals surface area contributed by atoms with E-state index in [2.05, 4.69) is 35.2 Å². The van der Waals surface area contributed by atoms with Gasteiger partial charge in [0.15, 0.2) is 0 Å². The van der Waals surface area contributed by atoms with Gasteiger partial charge in [-0.15, -0.1) is 0 Å². The number of nitrogens with one attached hydrogen (secondary N) is 1. The van der Waals surface area contributed by atoms with Crippen molar-refractivity contribution in [2.24, 2.45) is 5.92 Å². The van der Waals surface area contributed by atoms with E-state index in [-0.39, 0.29) is 0 Å². The van der Waals surface area contributed by atoms with Gasteiger partial charge in [-0.1, -0.05) is 13.3 Å². The highest BCUT2D eigenvalue weighted by Crippen LogP contribution is 2.32. The lowest BCUT2D eigenvalue weighted by molar-refractivity contribution is 0.313. The van der Waals surface area contributed by atoms with Crippen LogP contribution in [0.25, 0.3) is 0 Å². The Morgan fingerprint density at radius 3 is 2.68 bits per heavy atom. The van der Waals surface area contributed by atoms with Gasteiger partial charge < -0.3 is 10.2 Å². The number of rotatable bonds is 5. The zero-order valence-electron chi connectivity index (χ0n) is 12.5. The molecule has 0 bridgehead atoms. The zero-order chi connectivity index (χ0) is 13.7. The number of nitrogens with zero attached hydrogens (tertiary/aromatic N) is 2. The molecule has 3 nitrogen and oxygen atoms in total. The highest BCUT2D eigenvalue weighted by Gasteiger charge is 2.24. The second-order valence-corrected chi connectivity index (χ2v) is 5.73. The molecule has 1 aromatic rings. The molecule has 0 aromatic carbocycles. The Bertz CT molecular complexity index is 383. The lowest BCUT2D eigenvalue weighted by atomic mass is 9.84. The highest BCUT2D eigenvalue weighted by molar-refractivity contribution is 5.51. The first-order valence-corrected chi connectivity index (χ1v) is 7.56. The third-order valence-corrected chi connectivity index (χ3v) is 4.58. The van der Waals surface area contributed by atoms with Gasteiger partial charge in [-0.3, -0.25) is 4.98 Å². The Kier molecular flexibility index (Phi) is 5.20. The molecule has 0 spiro atoms. The zero-order valence-corrected chi connectivity index (χ0v) is 12.5. The van der Waals surface area contributed by atoms with Crippen molar-refractivity contribution in [3.63, 3.8) is 0 Å². The average Bonchev–Trinajstić information content (AvgIpc) is 2.47. The van der Waals surface area contributed by atoms with Crippen LogP contribution < -0.4 is 10.2 Å². The van der Waals surface area contributed by atoms with Crippen LogP contribution in [0.1, 0.15) is 44.6 Å². The van der Waals surface area contributed by atoms with Crippen LogP contribution in [0.3, 0.4) is 0 Å². The number of anilines is 1. The number of aromatic nitrogens is 1. The summed E-state index contributed by atoms with van der Waals surface area (Å²) in [5, 5.41) is 3.24. The van der Waals surface area contributed by atoms with Crippen LogP contribution in [0.15, 0.2) is 18.5 Å². The predicted octanol–water partition coefficient (Wildman–Crippen LogP) is 3.21. The molecule has 0 aliphatic heterocycles. The van der Waals surface area contributed by atoms with E-state index >= 15 is 0 Å². The summed E-state index contributed by atoms with van der Waals surface area (Å²) in [6.07, 6.45) is 10.6. The normalized spacial score (nSPS) is 23.3. The van der Waals surface area contributed by atoms with E-state index in [1.165, 1.54) is 43.4 Å². The van der Waals surface area contributed by atoms with E-state index < -0.39 is 0 Å². The summed E-state index contributed by atoms with van der Waals surface area (Å²) in [4.78, 5) is 6.76. The molecule has 1 aliphatic rings. The van der Waals surface area contributed by atoms with Crippen LogP contribution in [0.4, 0.5) is 5.69 Å². The van der Waals surface area contributed by atoms with Gasteiger partial charge in [0.2, 0.25) is 0 Å². The second-order valence-electron chi connectivity index (χ2n) is 5.73. The molecule has 1 saturated carbocycles. The Labute approximate surface area is 117 Å². The molecule has 1 fully saturated rings. The number of pyridine rings is 1. The molecule has 106 valence electrons. The van der Waals surface area contributed by atoms with Gasteiger partial charge in [-0.25, -0.2) is 0 Å². The average molecular weight is 261 g/mol. The topological polar surface area (TPSA) is 28.2 Å². The first-order chi connectivity index (χ1) is 9.26. The van der Waals surface area contributed by atoms with Gasteiger partial charge in [-0.2, -0.15) is 0 Å². The fraction of sp³-hybridized carbons (Fsp3) is 0.688. The maximum Gasteiger partial charge on any atom is 0.0598 e. The van der Waals surface area contributed by atoms with Crippen molar-refractivity contribution in [2.75, 3.05) is 19.0 Å². The van der Waals surface area contributed by atoms with Gasteiger partial charge in [0.25, 0.3) is 0 Å². The predicted molar refractivity (Wildman–Crippen MR) is 81.4 cm³/mol. The van der Waals surface area contributed by atoms with Gasteiger partial charge in [0.1, 0.15) is 0 Å². The minimum absolute atomic E-state index is 0.683. The largest absolute Gasteiger partial charge is 0.370 e. The van der Waals surface area contributed by atoms with Crippen molar-refractivity contribution in [1.29, 1.82) is 0 Å². The molecule has 1 aliphatic carbocycles. The molecule has 0 radical (unpaired) electrons. The third kappa shape index (κ3) is 3.47. The molecule has 2 rings (SSSR count). The van der Waals surface area contributed by atoms with Crippen LogP contribution >= 0.6 is 0 Å². The van der Waals surface area contributed by atoms with Crippen molar-refractivity contribution < 1.29 is 0 Å². The molecule has 3 heteroatoms. The number of hydrogen-bond donors (Lipinski definition) is 1. The second kappa shape index (κ2) is 6.90. The smallest absolute Gasteiger partial charge is 0.0598 e. The van der Waals surface area contributed by atoms with Crippen molar-refractivity contribution in [3.8, 4) is 0 Å². The lowest BCUT2D eigenvalue weighted by Crippen LogP contribution is -2.36. The molecular weight excluding hydrogens is 234 g/mol. The van der Waals surface area contributed by atoms with E-state index in [1.807, 2.05) is 19.4 Å².